The van der Waals surface area contributed by atoms with Crippen molar-refractivity contribution in [3.63, 3.8) is 0 Å². The zero-order valence-corrected chi connectivity index (χ0v) is 13.9. The molecule has 0 radical (unpaired) electrons. The maximum absolute atomic E-state index is 12.0. The lowest BCUT2D eigenvalue weighted by atomic mass is 9.94. The number of carbonyl (C=O) groups excluding carboxylic acids is 2. The van der Waals surface area contributed by atoms with Crippen molar-refractivity contribution in [1.82, 2.24) is 0 Å². The van der Waals surface area contributed by atoms with E-state index in [1.807, 2.05) is 44.2 Å². The molecule has 4 heteroatoms. The lowest BCUT2D eigenvalue weighted by Crippen LogP contribution is -2.37. The van der Waals surface area contributed by atoms with E-state index in [9.17, 15) is 9.59 Å². The van der Waals surface area contributed by atoms with Gasteiger partial charge in [-0.3, -0.25) is 9.59 Å². The summed E-state index contributed by atoms with van der Waals surface area (Å²) in [5.41, 5.74) is -0.0593. The van der Waals surface area contributed by atoms with Crippen molar-refractivity contribution < 1.29 is 19.1 Å². The highest BCUT2D eigenvalue weighted by molar-refractivity contribution is 5.99. The van der Waals surface area contributed by atoms with Crippen LogP contribution in [0.4, 0.5) is 0 Å². The Labute approximate surface area is 132 Å². The van der Waals surface area contributed by atoms with E-state index in [1.165, 1.54) is 19.4 Å². The number of hydrogen-bond acceptors (Lipinski definition) is 4. The molecule has 0 aliphatic carbocycles. The SMILES string of the molecule is CC(C)COC(=O)C(C)(C)C(=O)OCCCc1ccccc1. The number of rotatable bonds is 8. The van der Waals surface area contributed by atoms with Crippen LogP contribution in [0.1, 0.15) is 39.7 Å². The quantitative estimate of drug-likeness (QED) is 0.420. The average Bonchev–Trinajstić information content (AvgIpc) is 2.49. The van der Waals surface area contributed by atoms with Crippen molar-refractivity contribution >= 4 is 11.9 Å². The van der Waals surface area contributed by atoms with E-state index in [0.29, 0.717) is 13.2 Å². The molecule has 0 heterocycles. The van der Waals surface area contributed by atoms with Gasteiger partial charge in [-0.15, -0.1) is 0 Å². The summed E-state index contributed by atoms with van der Waals surface area (Å²) < 4.78 is 10.3. The summed E-state index contributed by atoms with van der Waals surface area (Å²) in [5.74, 6) is -0.828. The second kappa shape index (κ2) is 8.57. The first-order valence-corrected chi connectivity index (χ1v) is 7.72. The van der Waals surface area contributed by atoms with Gasteiger partial charge in [0.25, 0.3) is 0 Å². The van der Waals surface area contributed by atoms with Crippen molar-refractivity contribution in [2.24, 2.45) is 11.3 Å². The van der Waals surface area contributed by atoms with Gasteiger partial charge in [-0.05, 0) is 38.2 Å². The molecule has 0 N–H and O–H groups in total. The molecule has 22 heavy (non-hydrogen) atoms. The minimum absolute atomic E-state index is 0.238. The van der Waals surface area contributed by atoms with Crippen molar-refractivity contribution in [2.45, 2.75) is 40.5 Å². The normalized spacial score (nSPS) is 11.3. The summed E-state index contributed by atoms with van der Waals surface area (Å²) in [6, 6.07) is 10.0. The fourth-order valence-corrected chi connectivity index (χ4v) is 1.77. The van der Waals surface area contributed by atoms with E-state index in [1.54, 1.807) is 0 Å². The number of esters is 2. The van der Waals surface area contributed by atoms with Gasteiger partial charge >= 0.3 is 11.9 Å². The third-order valence-electron chi connectivity index (χ3n) is 3.25. The smallest absolute Gasteiger partial charge is 0.322 e. The topological polar surface area (TPSA) is 52.6 Å². The Balaban J connectivity index is 2.35. The van der Waals surface area contributed by atoms with E-state index in [4.69, 9.17) is 9.47 Å². The third-order valence-corrected chi connectivity index (χ3v) is 3.25. The Kier molecular flexibility index (Phi) is 7.09. The molecule has 1 aromatic carbocycles. The molecule has 1 aromatic rings. The van der Waals surface area contributed by atoms with Crippen LogP contribution in [0.2, 0.25) is 0 Å². The Hall–Kier alpha value is -1.84. The molecule has 0 aliphatic heterocycles. The number of aryl methyl sites for hydroxylation is 1. The fourth-order valence-electron chi connectivity index (χ4n) is 1.77. The molecule has 0 unspecified atom stereocenters. The van der Waals surface area contributed by atoms with Crippen LogP contribution in [-0.4, -0.2) is 25.2 Å². The predicted molar refractivity (Wildman–Crippen MR) is 85.3 cm³/mol. The van der Waals surface area contributed by atoms with Crippen LogP contribution in [0, 0.1) is 11.3 Å². The van der Waals surface area contributed by atoms with Crippen molar-refractivity contribution in [1.29, 1.82) is 0 Å². The Bertz CT molecular complexity index is 477. The van der Waals surface area contributed by atoms with Crippen LogP contribution in [0.5, 0.6) is 0 Å². The summed E-state index contributed by atoms with van der Waals surface area (Å²) >= 11 is 0. The Morgan fingerprint density at radius 2 is 1.64 bits per heavy atom. The number of hydrogen-bond donors (Lipinski definition) is 0. The molecule has 0 aromatic heterocycles. The van der Waals surface area contributed by atoms with Gasteiger partial charge in [0.2, 0.25) is 0 Å². The van der Waals surface area contributed by atoms with E-state index in [2.05, 4.69) is 0 Å². The van der Waals surface area contributed by atoms with Crippen LogP contribution in [0.3, 0.4) is 0 Å². The molecule has 0 amide bonds. The maximum atomic E-state index is 12.0. The molecule has 0 saturated heterocycles. The van der Waals surface area contributed by atoms with Gasteiger partial charge in [-0.1, -0.05) is 44.2 Å². The van der Waals surface area contributed by atoms with Crippen LogP contribution in [-0.2, 0) is 25.5 Å². The van der Waals surface area contributed by atoms with Gasteiger partial charge in [-0.25, -0.2) is 0 Å². The second-order valence-corrected chi connectivity index (χ2v) is 6.34. The van der Waals surface area contributed by atoms with Crippen molar-refractivity contribution in [3.05, 3.63) is 35.9 Å². The summed E-state index contributed by atoms with van der Waals surface area (Å²) in [6.07, 6.45) is 1.57. The Morgan fingerprint density at radius 3 is 2.23 bits per heavy atom. The standard InChI is InChI=1S/C18H26O4/c1-14(2)13-22-17(20)18(3,4)16(19)21-12-8-11-15-9-6-5-7-10-15/h5-7,9-10,14H,8,11-13H2,1-4H3. The van der Waals surface area contributed by atoms with Crippen LogP contribution >= 0.6 is 0 Å². The number of benzene rings is 1. The molecule has 122 valence electrons. The highest BCUT2D eigenvalue weighted by atomic mass is 16.6. The highest BCUT2D eigenvalue weighted by Crippen LogP contribution is 2.20. The molecule has 0 fully saturated rings. The number of ether oxygens (including phenoxy) is 2. The van der Waals surface area contributed by atoms with Gasteiger partial charge in [0.15, 0.2) is 5.41 Å². The van der Waals surface area contributed by atoms with E-state index >= 15 is 0 Å². The lowest BCUT2D eigenvalue weighted by molar-refractivity contribution is -0.170. The number of carbonyl (C=O) groups is 2. The first kappa shape index (κ1) is 18.2. The molecule has 4 nitrogen and oxygen atoms in total. The molecule has 1 rings (SSSR count). The van der Waals surface area contributed by atoms with Gasteiger partial charge in [-0.2, -0.15) is 0 Å². The second-order valence-electron chi connectivity index (χ2n) is 6.34. The molecule has 0 atom stereocenters. The predicted octanol–water partition coefficient (Wildman–Crippen LogP) is 3.39. The molecule has 0 spiro atoms. The summed E-state index contributed by atoms with van der Waals surface area (Å²) in [5, 5.41) is 0. The van der Waals surface area contributed by atoms with Crippen molar-refractivity contribution in [2.75, 3.05) is 13.2 Å². The maximum Gasteiger partial charge on any atom is 0.322 e. The monoisotopic (exact) mass is 306 g/mol. The first-order chi connectivity index (χ1) is 10.3. The zero-order chi connectivity index (χ0) is 16.6. The lowest BCUT2D eigenvalue weighted by Gasteiger charge is -2.21. The summed E-state index contributed by atoms with van der Waals surface area (Å²) in [7, 11) is 0. The van der Waals surface area contributed by atoms with Crippen LogP contribution in [0.25, 0.3) is 0 Å². The molecular weight excluding hydrogens is 280 g/mol. The summed E-state index contributed by atoms with van der Waals surface area (Å²) in [6.45, 7) is 7.58. The largest absolute Gasteiger partial charge is 0.465 e. The van der Waals surface area contributed by atoms with E-state index in [0.717, 1.165) is 12.8 Å². The van der Waals surface area contributed by atoms with Gasteiger partial charge < -0.3 is 9.47 Å². The van der Waals surface area contributed by atoms with Crippen LogP contribution < -0.4 is 0 Å². The zero-order valence-electron chi connectivity index (χ0n) is 13.9. The van der Waals surface area contributed by atoms with E-state index < -0.39 is 17.4 Å². The van der Waals surface area contributed by atoms with E-state index in [-0.39, 0.29) is 5.92 Å². The molecule has 0 aliphatic rings. The fraction of sp³-hybridized carbons (Fsp3) is 0.556. The third kappa shape index (κ3) is 5.88. The van der Waals surface area contributed by atoms with Crippen LogP contribution in [0.15, 0.2) is 30.3 Å². The molecule has 0 bridgehead atoms. The minimum atomic E-state index is -1.26. The molecular formula is C18H26O4. The average molecular weight is 306 g/mol. The van der Waals surface area contributed by atoms with Crippen molar-refractivity contribution in [3.8, 4) is 0 Å². The van der Waals surface area contributed by atoms with Gasteiger partial charge in [0.1, 0.15) is 0 Å². The molecule has 0 saturated carbocycles. The van der Waals surface area contributed by atoms with Gasteiger partial charge in [0.05, 0.1) is 13.2 Å². The summed E-state index contributed by atoms with van der Waals surface area (Å²) in [4.78, 5) is 24.0. The highest BCUT2D eigenvalue weighted by Gasteiger charge is 2.39. The minimum Gasteiger partial charge on any atom is -0.465 e. The Morgan fingerprint density at radius 1 is 1.05 bits per heavy atom. The first-order valence-electron chi connectivity index (χ1n) is 7.72. The van der Waals surface area contributed by atoms with Gasteiger partial charge in [0, 0.05) is 0 Å².